The van der Waals surface area contributed by atoms with Crippen LogP contribution in [0.5, 0.6) is 5.75 Å². The van der Waals surface area contributed by atoms with E-state index in [1.807, 2.05) is 12.4 Å². The van der Waals surface area contributed by atoms with Crippen molar-refractivity contribution in [1.82, 2.24) is 24.6 Å². The van der Waals surface area contributed by atoms with Crippen molar-refractivity contribution in [3.05, 3.63) is 42.1 Å². The van der Waals surface area contributed by atoms with Gasteiger partial charge in [-0.1, -0.05) is 6.92 Å². The van der Waals surface area contributed by atoms with E-state index in [2.05, 4.69) is 49.9 Å². The van der Waals surface area contributed by atoms with Gasteiger partial charge in [-0.2, -0.15) is 0 Å². The van der Waals surface area contributed by atoms with E-state index >= 15 is 0 Å². The number of rotatable bonds is 6. The van der Waals surface area contributed by atoms with Crippen LogP contribution in [0.3, 0.4) is 0 Å². The minimum atomic E-state index is 0.531. The summed E-state index contributed by atoms with van der Waals surface area (Å²) in [7, 11) is 1.72. The van der Waals surface area contributed by atoms with Crippen molar-refractivity contribution >= 4 is 10.9 Å². The number of hydrogen-bond donors (Lipinski definition) is 1. The van der Waals surface area contributed by atoms with E-state index in [4.69, 9.17) is 4.74 Å². The van der Waals surface area contributed by atoms with Crippen LogP contribution in [0.4, 0.5) is 0 Å². The van der Waals surface area contributed by atoms with Crippen LogP contribution in [0.2, 0.25) is 0 Å². The maximum Gasteiger partial charge on any atom is 0.136 e. The quantitative estimate of drug-likeness (QED) is 0.736. The molecule has 0 spiro atoms. The van der Waals surface area contributed by atoms with Crippen molar-refractivity contribution in [3.63, 3.8) is 0 Å². The van der Waals surface area contributed by atoms with Crippen molar-refractivity contribution in [2.75, 3.05) is 20.2 Å². The molecule has 0 saturated carbocycles. The van der Waals surface area contributed by atoms with Gasteiger partial charge in [-0.15, -0.1) is 10.2 Å². The number of methoxy groups -OCH3 is 1. The van der Waals surface area contributed by atoms with Gasteiger partial charge in [-0.05, 0) is 56.1 Å². The molecule has 1 N–H and O–H groups in total. The molecule has 1 aliphatic heterocycles. The predicted octanol–water partition coefficient (Wildman–Crippen LogP) is 3.56. The molecular formula is C20H27N5O. The lowest BCUT2D eigenvalue weighted by Gasteiger charge is -2.31. The number of H-pyrrole nitrogens is 1. The highest BCUT2D eigenvalue weighted by molar-refractivity contribution is 5.84. The van der Waals surface area contributed by atoms with E-state index in [9.17, 15) is 0 Å². The number of nitrogens with zero attached hydrogens (tertiary/aromatic N) is 4. The molecule has 6 nitrogen and oxygen atoms in total. The summed E-state index contributed by atoms with van der Waals surface area (Å²) < 4.78 is 7.61. The second kappa shape index (κ2) is 7.50. The number of fused-ring (bicyclic) bond motifs is 1. The summed E-state index contributed by atoms with van der Waals surface area (Å²) in [6.07, 6.45) is 7.43. The third-order valence-corrected chi connectivity index (χ3v) is 5.43. The molecule has 0 amide bonds. The summed E-state index contributed by atoms with van der Waals surface area (Å²) in [5, 5.41) is 9.78. The van der Waals surface area contributed by atoms with Crippen LogP contribution in [0.1, 0.15) is 43.5 Å². The van der Waals surface area contributed by atoms with E-state index in [1.54, 1.807) is 7.11 Å². The molecule has 2 aromatic heterocycles. The molecule has 0 atom stereocenters. The molecule has 3 aromatic rings. The topological polar surface area (TPSA) is 59.0 Å². The van der Waals surface area contributed by atoms with Gasteiger partial charge < -0.3 is 14.3 Å². The Morgan fingerprint density at radius 3 is 2.88 bits per heavy atom. The molecule has 0 bridgehead atoms. The van der Waals surface area contributed by atoms with Gasteiger partial charge in [0, 0.05) is 36.1 Å². The first kappa shape index (κ1) is 17.1. The summed E-state index contributed by atoms with van der Waals surface area (Å²) in [5.41, 5.74) is 2.51. The fraction of sp³-hybridized carbons (Fsp3) is 0.500. The number of ether oxygens (including phenoxy) is 1. The van der Waals surface area contributed by atoms with E-state index in [0.29, 0.717) is 5.92 Å². The van der Waals surface area contributed by atoms with Crippen LogP contribution in [-0.4, -0.2) is 44.8 Å². The highest BCUT2D eigenvalue weighted by Crippen LogP contribution is 2.29. The Morgan fingerprint density at radius 2 is 2.12 bits per heavy atom. The Labute approximate surface area is 154 Å². The number of piperidine rings is 1. The molecule has 0 radical (unpaired) electrons. The minimum Gasteiger partial charge on any atom is -0.497 e. The SMILES string of the molecule is CCCn1cnnc1C1CCN(Cc2c[nH]c3ccc(OC)cc23)CC1. The summed E-state index contributed by atoms with van der Waals surface area (Å²) >= 11 is 0. The van der Waals surface area contributed by atoms with Gasteiger partial charge in [0.2, 0.25) is 0 Å². The van der Waals surface area contributed by atoms with Crippen molar-refractivity contribution in [2.24, 2.45) is 0 Å². The van der Waals surface area contributed by atoms with Crippen molar-refractivity contribution in [3.8, 4) is 5.75 Å². The molecule has 3 heterocycles. The molecule has 1 aliphatic rings. The largest absolute Gasteiger partial charge is 0.497 e. The van der Waals surface area contributed by atoms with Gasteiger partial charge in [0.25, 0.3) is 0 Å². The summed E-state index contributed by atoms with van der Waals surface area (Å²) in [5.74, 6) is 2.61. The van der Waals surface area contributed by atoms with Crippen LogP contribution in [0, 0.1) is 0 Å². The molecule has 4 rings (SSSR count). The van der Waals surface area contributed by atoms with Gasteiger partial charge >= 0.3 is 0 Å². The van der Waals surface area contributed by atoms with Crippen LogP contribution in [0.25, 0.3) is 10.9 Å². The van der Waals surface area contributed by atoms with Crippen molar-refractivity contribution in [2.45, 2.75) is 45.2 Å². The van der Waals surface area contributed by atoms with Gasteiger partial charge in [0.1, 0.15) is 17.9 Å². The molecule has 1 saturated heterocycles. The number of aromatic nitrogens is 4. The molecular weight excluding hydrogens is 326 g/mol. The lowest BCUT2D eigenvalue weighted by atomic mass is 9.95. The van der Waals surface area contributed by atoms with E-state index < -0.39 is 0 Å². The first-order valence-corrected chi connectivity index (χ1v) is 9.52. The average molecular weight is 353 g/mol. The molecule has 0 aliphatic carbocycles. The predicted molar refractivity (Wildman–Crippen MR) is 102 cm³/mol. The smallest absolute Gasteiger partial charge is 0.136 e. The molecule has 138 valence electrons. The minimum absolute atomic E-state index is 0.531. The Morgan fingerprint density at radius 1 is 1.27 bits per heavy atom. The van der Waals surface area contributed by atoms with Gasteiger partial charge in [0.05, 0.1) is 7.11 Å². The molecule has 26 heavy (non-hydrogen) atoms. The first-order chi connectivity index (χ1) is 12.8. The van der Waals surface area contributed by atoms with Gasteiger partial charge in [-0.25, -0.2) is 0 Å². The Kier molecular flexibility index (Phi) is 4.93. The normalized spacial score (nSPS) is 16.4. The Bertz CT molecular complexity index is 860. The maximum absolute atomic E-state index is 5.38. The highest BCUT2D eigenvalue weighted by Gasteiger charge is 2.24. The second-order valence-electron chi connectivity index (χ2n) is 7.16. The fourth-order valence-electron chi connectivity index (χ4n) is 4.00. The van der Waals surface area contributed by atoms with Crippen LogP contribution >= 0.6 is 0 Å². The zero-order valence-electron chi connectivity index (χ0n) is 15.6. The lowest BCUT2D eigenvalue weighted by molar-refractivity contribution is 0.200. The van der Waals surface area contributed by atoms with Crippen LogP contribution in [0.15, 0.2) is 30.7 Å². The molecule has 6 heteroatoms. The third kappa shape index (κ3) is 3.33. The van der Waals surface area contributed by atoms with Crippen LogP contribution in [-0.2, 0) is 13.1 Å². The van der Waals surface area contributed by atoms with E-state index in [1.165, 1.54) is 22.3 Å². The van der Waals surface area contributed by atoms with Gasteiger partial charge in [0.15, 0.2) is 0 Å². The third-order valence-electron chi connectivity index (χ3n) is 5.43. The lowest BCUT2D eigenvalue weighted by Crippen LogP contribution is -2.33. The number of likely N-dealkylation sites (tertiary alicyclic amines) is 1. The number of aromatic amines is 1. The molecule has 1 fully saturated rings. The maximum atomic E-state index is 5.38. The number of nitrogens with one attached hydrogen (secondary N) is 1. The zero-order chi connectivity index (χ0) is 17.9. The average Bonchev–Trinajstić information content (AvgIpc) is 3.30. The fourth-order valence-corrected chi connectivity index (χ4v) is 4.00. The number of aryl methyl sites for hydroxylation is 1. The highest BCUT2D eigenvalue weighted by atomic mass is 16.5. The van der Waals surface area contributed by atoms with Crippen LogP contribution < -0.4 is 4.74 Å². The van der Waals surface area contributed by atoms with Gasteiger partial charge in [-0.3, -0.25) is 4.90 Å². The standard InChI is InChI=1S/C20H27N5O/c1-3-8-25-14-22-23-20(25)15-6-9-24(10-7-15)13-16-12-21-19-5-4-17(26-2)11-18(16)19/h4-5,11-12,14-15,21H,3,6-10,13H2,1-2H3. The van der Waals surface area contributed by atoms with E-state index in [-0.39, 0.29) is 0 Å². The zero-order valence-corrected chi connectivity index (χ0v) is 15.6. The first-order valence-electron chi connectivity index (χ1n) is 9.52. The molecule has 1 aromatic carbocycles. The summed E-state index contributed by atoms with van der Waals surface area (Å²) in [6, 6.07) is 6.21. The second-order valence-corrected chi connectivity index (χ2v) is 7.16. The number of hydrogen-bond acceptors (Lipinski definition) is 4. The summed E-state index contributed by atoms with van der Waals surface area (Å²) in [6.45, 7) is 6.38. The van der Waals surface area contributed by atoms with Crippen molar-refractivity contribution in [1.29, 1.82) is 0 Å². The van der Waals surface area contributed by atoms with E-state index in [0.717, 1.165) is 51.2 Å². The molecule has 0 unspecified atom stereocenters. The Hall–Kier alpha value is -2.34. The monoisotopic (exact) mass is 353 g/mol. The summed E-state index contributed by atoms with van der Waals surface area (Å²) in [4.78, 5) is 5.92. The number of benzene rings is 1. The Balaban J connectivity index is 1.42. The van der Waals surface area contributed by atoms with Crippen molar-refractivity contribution < 1.29 is 4.74 Å².